The van der Waals surface area contributed by atoms with E-state index in [1.807, 2.05) is 203 Å². The van der Waals surface area contributed by atoms with Crippen LogP contribution in [0.1, 0.15) is 82.0 Å². The molecule has 0 saturated heterocycles. The summed E-state index contributed by atoms with van der Waals surface area (Å²) in [6.45, 7) is 35.7. The molecule has 0 radical (unpaired) electrons. The molecule has 0 fully saturated rings. The van der Waals surface area contributed by atoms with Gasteiger partial charge < -0.3 is 57.9 Å². The van der Waals surface area contributed by atoms with Gasteiger partial charge in [0.2, 0.25) is 11.8 Å². The molecule has 2 amide bonds. The zero-order valence-corrected chi connectivity index (χ0v) is 83.6. The van der Waals surface area contributed by atoms with Crippen molar-refractivity contribution in [3.8, 4) is 34.5 Å². The third-order valence-corrected chi connectivity index (χ3v) is 24.9. The lowest BCUT2D eigenvalue weighted by molar-refractivity contribution is -0.143. The van der Waals surface area contributed by atoms with Gasteiger partial charge in [0.1, 0.15) is 53.0 Å². The van der Waals surface area contributed by atoms with Crippen LogP contribution in [-0.2, 0) is 76.3 Å². The van der Waals surface area contributed by atoms with E-state index in [0.717, 1.165) is 119 Å². The van der Waals surface area contributed by atoms with E-state index in [1.165, 1.54) is 78.9 Å². The maximum atomic E-state index is 11.4. The number of esters is 6. The lowest BCUT2D eigenvalue weighted by Gasteiger charge is -2.21. The molecule has 0 saturated carbocycles. The number of benzene rings is 16. The van der Waals surface area contributed by atoms with Crippen LogP contribution in [0.3, 0.4) is 0 Å². The highest BCUT2D eigenvalue weighted by Crippen LogP contribution is 2.41. The number of hydrogen-bond acceptors (Lipinski definition) is 19. The van der Waals surface area contributed by atoms with E-state index in [1.54, 1.807) is 80.8 Å². The largest absolute Gasteiger partial charge is 0.520 e. The third kappa shape index (κ3) is 31.0. The molecule has 146 heavy (non-hydrogen) atoms. The molecule has 0 aliphatic heterocycles. The SMILES string of the molecule is C=CC(=O)NC(C)c1cccc2ccccc12.C=CC(=O)NCCc1cccc2ccccc12.C=CC(=O)OC1Cc2cccc3cccc1c23.C=CC(=O)OCC1c2ccccc2C=Cc2ccccc21.C=CC(=O)Oc1ccc(N(C)C)c2ccccc12.C=CC(=O)Oc1ccc2cc(CC(C)=O)ccc2c1.C=CC(=O)Oc1ccc2cc(O)ccc2c1.C=CC(=O)Oc1ccc2cc(O[Si](C)(C)OC)ccc2c1. The summed E-state index contributed by atoms with van der Waals surface area (Å²) in [5.41, 5.74) is 11.5. The summed E-state index contributed by atoms with van der Waals surface area (Å²) in [7, 11) is 3.50. The Balaban J connectivity index is 0.000000159. The Bertz CT molecular complexity index is 7530. The average molecular weight is 1960 g/mol. The molecule has 2 aliphatic carbocycles. The number of carbonyl (C=O) groups excluding carboxylic acids is 9. The number of phenolic OH excluding ortho intramolecular Hbond substituents is 1. The monoisotopic (exact) mass is 1960 g/mol. The van der Waals surface area contributed by atoms with Crippen LogP contribution in [0, 0.1) is 0 Å². The van der Waals surface area contributed by atoms with Crippen molar-refractivity contribution in [2.75, 3.05) is 39.3 Å². The molecule has 0 aromatic heterocycles. The maximum absolute atomic E-state index is 11.4. The summed E-state index contributed by atoms with van der Waals surface area (Å²) < 4.78 is 42.3. The number of aromatic hydroxyl groups is 1. The second kappa shape index (κ2) is 53.6. The summed E-state index contributed by atoms with van der Waals surface area (Å²) in [5.74, 6) is 0.254. The molecule has 21 nitrogen and oxygen atoms in total. The molecule has 0 spiro atoms. The van der Waals surface area contributed by atoms with Crippen LogP contribution in [0.25, 0.3) is 87.6 Å². The molecule has 0 bridgehead atoms. The topological polar surface area (TPSA) is 275 Å². The van der Waals surface area contributed by atoms with Crippen LogP contribution in [-0.4, -0.2) is 101 Å². The summed E-state index contributed by atoms with van der Waals surface area (Å²) in [6.07, 6.45) is 15.6. The first-order valence-electron chi connectivity index (χ1n) is 46.8. The van der Waals surface area contributed by atoms with Crippen molar-refractivity contribution in [3.63, 3.8) is 0 Å². The quantitative estimate of drug-likeness (QED) is 0.0197. The number of rotatable bonds is 26. The Morgan fingerprint density at radius 2 is 0.870 bits per heavy atom. The predicted octanol–water partition coefficient (Wildman–Crippen LogP) is 25.4. The molecule has 16 aromatic rings. The maximum Gasteiger partial charge on any atom is 0.392 e. The number of phenols is 1. The van der Waals surface area contributed by atoms with Crippen molar-refractivity contribution in [1.82, 2.24) is 10.6 Å². The second-order valence-corrected chi connectivity index (χ2v) is 37.3. The van der Waals surface area contributed by atoms with Crippen LogP contribution in [0.15, 0.2) is 417 Å². The zero-order valence-electron chi connectivity index (χ0n) is 82.6. The van der Waals surface area contributed by atoms with Crippen LogP contribution in [0.2, 0.25) is 13.1 Å². The first-order chi connectivity index (χ1) is 70.4. The highest BCUT2D eigenvalue weighted by atomic mass is 28.4. The number of nitrogens with zero attached hydrogens (tertiary/aromatic N) is 1. The second-order valence-electron chi connectivity index (χ2n) is 33.9. The Kier molecular flexibility index (Phi) is 39.8. The third-order valence-electron chi connectivity index (χ3n) is 23.2. The van der Waals surface area contributed by atoms with Crippen LogP contribution >= 0.6 is 0 Å². The number of ether oxygens (including phenoxy) is 6. The minimum absolute atomic E-state index is 0.0217. The number of Topliss-reactive ketones (excluding diaryl/α,β-unsaturated/α-hetero) is 1. The summed E-state index contributed by atoms with van der Waals surface area (Å²) in [6, 6.07) is 102. The van der Waals surface area contributed by atoms with E-state index in [-0.39, 0.29) is 53.3 Å². The molecule has 2 aliphatic rings. The van der Waals surface area contributed by atoms with Gasteiger partial charge in [-0.2, -0.15) is 0 Å². The molecular formula is C124H115N3O18Si. The van der Waals surface area contributed by atoms with Gasteiger partial charge in [-0.3, -0.25) is 14.4 Å². The number of carbonyl (C=O) groups is 9. The van der Waals surface area contributed by atoms with Crippen molar-refractivity contribution >= 4 is 155 Å². The van der Waals surface area contributed by atoms with Crippen LogP contribution < -0.4 is 38.9 Å². The lowest BCUT2D eigenvalue weighted by Crippen LogP contribution is -2.36. The van der Waals surface area contributed by atoms with E-state index in [2.05, 4.69) is 160 Å². The first kappa shape index (κ1) is 108. The number of anilines is 1. The van der Waals surface area contributed by atoms with Gasteiger partial charge in [-0.05, 0) is 227 Å². The molecule has 2 unspecified atom stereocenters. The lowest BCUT2D eigenvalue weighted by atomic mass is 9.88. The van der Waals surface area contributed by atoms with E-state index in [0.29, 0.717) is 42.6 Å². The van der Waals surface area contributed by atoms with Gasteiger partial charge in [-0.25, -0.2) is 28.8 Å². The summed E-state index contributed by atoms with van der Waals surface area (Å²) >= 11 is 0. The summed E-state index contributed by atoms with van der Waals surface area (Å²) in [4.78, 5) is 103. The zero-order chi connectivity index (χ0) is 105. The highest BCUT2D eigenvalue weighted by Gasteiger charge is 2.28. The fraction of sp³-hybridized carbons (Fsp3) is 0.121. The van der Waals surface area contributed by atoms with Gasteiger partial charge in [0.15, 0.2) is 0 Å². The number of ketones is 1. The van der Waals surface area contributed by atoms with E-state index in [4.69, 9.17) is 37.3 Å². The summed E-state index contributed by atoms with van der Waals surface area (Å²) in [5, 5.41) is 29.9. The average Bonchev–Trinajstić information content (AvgIpc) is 1.61. The normalized spacial score (nSPS) is 11.7. The van der Waals surface area contributed by atoms with Gasteiger partial charge in [0.05, 0.1) is 6.04 Å². The van der Waals surface area contributed by atoms with Crippen LogP contribution in [0.5, 0.6) is 34.5 Å². The van der Waals surface area contributed by atoms with Gasteiger partial charge in [0.25, 0.3) is 0 Å². The van der Waals surface area contributed by atoms with Crippen molar-refractivity contribution in [2.24, 2.45) is 0 Å². The van der Waals surface area contributed by atoms with Gasteiger partial charge in [0, 0.05) is 105 Å². The Labute approximate surface area is 850 Å². The van der Waals surface area contributed by atoms with E-state index < -0.39 is 32.4 Å². The molecule has 22 heteroatoms. The van der Waals surface area contributed by atoms with Crippen molar-refractivity contribution in [2.45, 2.75) is 64.3 Å². The van der Waals surface area contributed by atoms with Crippen molar-refractivity contribution < 1.29 is 85.5 Å². The minimum atomic E-state index is -2.12. The number of fused-ring (bicyclic) bond motifs is 8. The Morgan fingerprint density at radius 3 is 1.42 bits per heavy atom. The molecule has 18 rings (SSSR count). The van der Waals surface area contributed by atoms with E-state index >= 15 is 0 Å². The standard InChI is InChI=1S/C19H16O2.C16H18O4Si.C16H14O3.C15H15NO2.2C15H15NO.C15H12O2.C13H10O3/c1-2-19(20)21-13-18-16-9-5-3-7-14(16)11-12-15-8-4-6-10-17(15)18;1-5-16(17)19-14-8-6-13-11-15(9-7-12(13)10-14)20-21(3,4)18-2;1-3-16(18)19-15-7-6-13-9-12(8-11(2)17)4-5-14(13)10-15;1-4-15(17)18-14-10-9-13(16(2)3)11-7-5-6-8-12(11)14;1-3-15(17)16-11(2)13-10-6-8-12-7-4-5-9-14(12)13;1-2-15(17)16-11-10-13-8-5-7-12-6-3-4-9-14(12)13;1-2-14(16)17-13-9-11-7-3-5-10-6-4-8-12(13)15(10)11;1-2-13(15)16-12-6-4-9-7-11(14)5-3-10(9)8-12/h2-12,18H,1,13H2;5-11H,1H2,2-4H3;3-7,9-10H,1,8H2,2H3;4-10H,1H2,2-3H3;3-11H,1H2,2H3,(H,16,17);2-9H,1,10-11H2,(H,16,17);2-8,13H,1,9H2;2-8,14H,1H2. The molecule has 2 atom stereocenters. The smallest absolute Gasteiger partial charge is 0.392 e. The highest BCUT2D eigenvalue weighted by molar-refractivity contribution is 6.65. The molecule has 3 N–H and O–H groups in total. The fourth-order valence-corrected chi connectivity index (χ4v) is 16.9. The molecule has 0 heterocycles. The van der Waals surface area contributed by atoms with Gasteiger partial charge in [-0.15, -0.1) is 0 Å². The van der Waals surface area contributed by atoms with Gasteiger partial charge >= 0.3 is 44.4 Å². The molecule has 738 valence electrons. The van der Waals surface area contributed by atoms with Crippen molar-refractivity contribution in [1.29, 1.82) is 0 Å². The Hall–Kier alpha value is -18.0. The number of hydrogen-bond donors (Lipinski definition) is 3. The number of amides is 2. The predicted molar refractivity (Wildman–Crippen MR) is 588 cm³/mol. The first-order valence-corrected chi connectivity index (χ1v) is 49.6. The van der Waals surface area contributed by atoms with E-state index in [9.17, 15) is 48.3 Å². The number of nitrogens with one attached hydrogen (secondary N) is 2. The fourth-order valence-electron chi connectivity index (χ4n) is 16.1. The van der Waals surface area contributed by atoms with Gasteiger partial charge in [-0.1, -0.05) is 307 Å². The van der Waals surface area contributed by atoms with Crippen molar-refractivity contribution in [3.05, 3.63) is 467 Å². The van der Waals surface area contributed by atoms with Crippen LogP contribution in [0.4, 0.5) is 5.69 Å². The molecular weight excluding hydrogens is 1850 g/mol. The Morgan fingerprint density at radius 1 is 0.425 bits per heavy atom. The molecule has 16 aromatic carbocycles. The minimum Gasteiger partial charge on any atom is -0.520 e.